The van der Waals surface area contributed by atoms with Crippen LogP contribution in [-0.2, 0) is 14.6 Å². The van der Waals surface area contributed by atoms with E-state index in [1.165, 1.54) is 19.1 Å². The molecule has 1 amide bonds. The van der Waals surface area contributed by atoms with Crippen molar-refractivity contribution in [1.82, 2.24) is 10.6 Å². The van der Waals surface area contributed by atoms with Crippen molar-refractivity contribution in [3.05, 3.63) is 30.1 Å². The van der Waals surface area contributed by atoms with E-state index in [1.54, 1.807) is 0 Å². The van der Waals surface area contributed by atoms with Crippen molar-refractivity contribution in [3.63, 3.8) is 0 Å². The summed E-state index contributed by atoms with van der Waals surface area (Å²) in [6.07, 6.45) is -0.119. The zero-order valence-electron chi connectivity index (χ0n) is 12.2. The number of carbonyl (C=O) groups is 1. The average molecular weight is 316 g/mol. The molecule has 0 spiro atoms. The summed E-state index contributed by atoms with van der Waals surface area (Å²) >= 11 is 0. The number of nitrogens with one attached hydrogen (secondary N) is 2. The molecule has 0 heterocycles. The highest BCUT2D eigenvalue weighted by Crippen LogP contribution is 2.18. The van der Waals surface area contributed by atoms with Crippen LogP contribution in [-0.4, -0.2) is 39.2 Å². The van der Waals surface area contributed by atoms with Crippen LogP contribution in [0, 0.1) is 5.82 Å². The van der Waals surface area contributed by atoms with Gasteiger partial charge < -0.3 is 10.6 Å². The molecule has 5 nitrogen and oxygen atoms in total. The number of halogens is 1. The summed E-state index contributed by atoms with van der Waals surface area (Å²) in [5, 5.41) is 4.85. The summed E-state index contributed by atoms with van der Waals surface area (Å²) in [6, 6.07) is 4.61. The van der Waals surface area contributed by atoms with Crippen LogP contribution in [0.25, 0.3) is 0 Å². The molecule has 0 bridgehead atoms. The number of hydrogen-bond acceptors (Lipinski definition) is 4. The Morgan fingerprint density at radius 2 is 1.86 bits per heavy atom. The highest BCUT2D eigenvalue weighted by Gasteiger charge is 2.25. The van der Waals surface area contributed by atoms with E-state index < -0.39 is 20.9 Å². The third kappa shape index (κ3) is 5.43. The maximum absolute atomic E-state index is 12.8. The smallest absolute Gasteiger partial charge is 0.221 e. The number of benzene rings is 1. The second kappa shape index (κ2) is 8.09. The quantitative estimate of drug-likeness (QED) is 0.556. The first-order chi connectivity index (χ1) is 9.87. The molecule has 1 unspecified atom stereocenters. The van der Waals surface area contributed by atoms with Crippen molar-refractivity contribution >= 4 is 15.7 Å². The lowest BCUT2D eigenvalue weighted by Crippen LogP contribution is -2.34. The largest absolute Gasteiger partial charge is 0.355 e. The first-order valence-corrected chi connectivity index (χ1v) is 8.39. The van der Waals surface area contributed by atoms with Gasteiger partial charge in [0.1, 0.15) is 5.82 Å². The zero-order chi connectivity index (χ0) is 15.9. The number of hydrogen-bond donors (Lipinski definition) is 2. The molecule has 0 aliphatic heterocycles. The Morgan fingerprint density at radius 1 is 1.24 bits per heavy atom. The summed E-state index contributed by atoms with van der Waals surface area (Å²) in [4.78, 5) is 11.7. The summed E-state index contributed by atoms with van der Waals surface area (Å²) < 4.78 is 37.3. The van der Waals surface area contributed by atoms with Gasteiger partial charge in [0.15, 0.2) is 9.84 Å². The predicted octanol–water partition coefficient (Wildman–Crippen LogP) is 1.10. The van der Waals surface area contributed by atoms with Crippen LogP contribution < -0.4 is 10.6 Å². The minimum atomic E-state index is -3.63. The third-order valence-electron chi connectivity index (χ3n) is 3.02. The lowest BCUT2D eigenvalue weighted by atomic mass is 10.3. The molecule has 0 radical (unpaired) electrons. The van der Waals surface area contributed by atoms with Crippen LogP contribution in [0.1, 0.15) is 20.3 Å². The molecular weight excluding hydrogens is 295 g/mol. The van der Waals surface area contributed by atoms with Gasteiger partial charge in [0, 0.05) is 19.5 Å². The van der Waals surface area contributed by atoms with Gasteiger partial charge in [-0.2, -0.15) is 0 Å². The maximum Gasteiger partial charge on any atom is 0.221 e. The number of carbonyl (C=O) groups excluding carboxylic acids is 1. The Morgan fingerprint density at radius 3 is 2.43 bits per heavy atom. The van der Waals surface area contributed by atoms with Crippen molar-refractivity contribution in [3.8, 4) is 0 Å². The Bertz CT molecular complexity index is 558. The Hall–Kier alpha value is -1.47. The van der Waals surface area contributed by atoms with Crippen molar-refractivity contribution < 1.29 is 17.6 Å². The fraction of sp³-hybridized carbons (Fsp3) is 0.500. The van der Waals surface area contributed by atoms with Gasteiger partial charge >= 0.3 is 0 Å². The first kappa shape index (κ1) is 17.6. The van der Waals surface area contributed by atoms with Crippen LogP contribution >= 0.6 is 0 Å². The topological polar surface area (TPSA) is 75.3 Å². The number of amides is 1. The second-order valence-electron chi connectivity index (χ2n) is 4.72. The van der Waals surface area contributed by atoms with Crippen LogP contribution in [0.3, 0.4) is 0 Å². The van der Waals surface area contributed by atoms with E-state index in [2.05, 4.69) is 10.6 Å². The molecule has 0 saturated heterocycles. The van der Waals surface area contributed by atoms with Crippen LogP contribution in [0.2, 0.25) is 0 Å². The van der Waals surface area contributed by atoms with E-state index in [1.807, 2.05) is 6.92 Å². The summed E-state index contributed by atoms with van der Waals surface area (Å²) in [5.74, 6) is -0.811. The number of rotatable bonds is 8. The van der Waals surface area contributed by atoms with E-state index >= 15 is 0 Å². The van der Waals surface area contributed by atoms with Crippen LogP contribution in [0.5, 0.6) is 0 Å². The minimum Gasteiger partial charge on any atom is -0.355 e. The lowest BCUT2D eigenvalue weighted by molar-refractivity contribution is -0.121. The normalized spacial score (nSPS) is 12.9. The molecule has 21 heavy (non-hydrogen) atoms. The SMILES string of the molecule is CCNCCNC(=O)CC(C)S(=O)(=O)c1ccc(F)cc1. The summed E-state index contributed by atoms with van der Waals surface area (Å²) in [5.41, 5.74) is 0. The molecule has 7 heteroatoms. The minimum absolute atomic E-state index is 0.0249. The van der Waals surface area contributed by atoms with E-state index in [-0.39, 0.29) is 17.2 Å². The van der Waals surface area contributed by atoms with Crippen molar-refractivity contribution in [2.24, 2.45) is 0 Å². The van der Waals surface area contributed by atoms with E-state index in [4.69, 9.17) is 0 Å². The van der Waals surface area contributed by atoms with Gasteiger partial charge in [-0.05, 0) is 37.7 Å². The third-order valence-corrected chi connectivity index (χ3v) is 5.17. The molecule has 0 saturated carbocycles. The molecule has 118 valence electrons. The predicted molar refractivity (Wildman–Crippen MR) is 79.2 cm³/mol. The zero-order valence-corrected chi connectivity index (χ0v) is 13.0. The van der Waals surface area contributed by atoms with Gasteiger partial charge in [-0.3, -0.25) is 4.79 Å². The van der Waals surface area contributed by atoms with Crippen molar-refractivity contribution in [2.75, 3.05) is 19.6 Å². The summed E-state index contributed by atoms with van der Waals surface area (Å²) in [6.45, 7) is 5.34. The molecule has 0 aliphatic carbocycles. The van der Waals surface area contributed by atoms with E-state index in [0.29, 0.717) is 13.1 Å². The molecule has 1 rings (SSSR count). The van der Waals surface area contributed by atoms with Gasteiger partial charge in [-0.15, -0.1) is 0 Å². The van der Waals surface area contributed by atoms with Gasteiger partial charge in [-0.25, -0.2) is 12.8 Å². The van der Waals surface area contributed by atoms with Crippen molar-refractivity contribution in [1.29, 1.82) is 0 Å². The highest BCUT2D eigenvalue weighted by molar-refractivity contribution is 7.92. The van der Waals surface area contributed by atoms with Gasteiger partial charge in [0.2, 0.25) is 5.91 Å². The average Bonchev–Trinajstić information content (AvgIpc) is 2.44. The van der Waals surface area contributed by atoms with Crippen LogP contribution in [0.15, 0.2) is 29.2 Å². The van der Waals surface area contributed by atoms with Gasteiger partial charge in [-0.1, -0.05) is 6.92 Å². The number of likely N-dealkylation sites (N-methyl/N-ethyl adjacent to an activating group) is 1. The Kier molecular flexibility index (Phi) is 6.77. The van der Waals surface area contributed by atoms with Gasteiger partial charge in [0.25, 0.3) is 0 Å². The maximum atomic E-state index is 12.8. The fourth-order valence-electron chi connectivity index (χ4n) is 1.77. The molecular formula is C14H21FN2O3S. The van der Waals surface area contributed by atoms with E-state index in [9.17, 15) is 17.6 Å². The lowest BCUT2D eigenvalue weighted by Gasteiger charge is -2.13. The molecule has 0 aromatic heterocycles. The second-order valence-corrected chi connectivity index (χ2v) is 7.08. The molecule has 1 aromatic rings. The van der Waals surface area contributed by atoms with Gasteiger partial charge in [0.05, 0.1) is 10.1 Å². The fourth-order valence-corrected chi connectivity index (χ4v) is 3.12. The highest BCUT2D eigenvalue weighted by atomic mass is 32.2. The Labute approximate surface area is 124 Å². The molecule has 1 aromatic carbocycles. The van der Waals surface area contributed by atoms with Crippen molar-refractivity contribution in [2.45, 2.75) is 30.4 Å². The standard InChI is InChI=1S/C14H21FN2O3S/c1-3-16-8-9-17-14(18)10-11(2)21(19,20)13-6-4-12(15)5-7-13/h4-7,11,16H,3,8-10H2,1-2H3,(H,17,18). The number of sulfone groups is 1. The Balaban J connectivity index is 2.59. The van der Waals surface area contributed by atoms with E-state index in [0.717, 1.165) is 18.7 Å². The molecule has 0 fully saturated rings. The molecule has 0 aliphatic rings. The van der Waals surface area contributed by atoms with Crippen LogP contribution in [0.4, 0.5) is 4.39 Å². The summed E-state index contributed by atoms with van der Waals surface area (Å²) in [7, 11) is -3.63. The first-order valence-electron chi connectivity index (χ1n) is 6.84. The molecule has 1 atom stereocenters. The monoisotopic (exact) mass is 316 g/mol. The molecule has 2 N–H and O–H groups in total.